The maximum atomic E-state index is 12.4. The van der Waals surface area contributed by atoms with Gasteiger partial charge in [0, 0.05) is 62.0 Å². The molecule has 2 aliphatic heterocycles. The molecule has 0 radical (unpaired) electrons. The van der Waals surface area contributed by atoms with Crippen molar-refractivity contribution in [2.24, 2.45) is 5.41 Å². The number of nitrogens with zero attached hydrogens (tertiary/aromatic N) is 3. The third-order valence-electron chi connectivity index (χ3n) is 6.18. The van der Waals surface area contributed by atoms with Gasteiger partial charge in [-0.3, -0.25) is 9.59 Å². The Morgan fingerprint density at radius 2 is 1.80 bits per heavy atom. The van der Waals surface area contributed by atoms with Gasteiger partial charge in [-0.15, -0.1) is 0 Å². The van der Waals surface area contributed by atoms with Gasteiger partial charge in [-0.05, 0) is 43.5 Å². The summed E-state index contributed by atoms with van der Waals surface area (Å²) in [6, 6.07) is 14.1. The van der Waals surface area contributed by atoms with E-state index < -0.39 is 5.97 Å². The molecule has 2 aromatic rings. The minimum absolute atomic E-state index is 0.0533. The van der Waals surface area contributed by atoms with Crippen LogP contribution >= 0.6 is 0 Å². The molecule has 2 saturated heterocycles. The Hall–Kier alpha value is -3.09. The van der Waals surface area contributed by atoms with Gasteiger partial charge in [0.25, 0.3) is 5.91 Å². The number of benzene rings is 1. The van der Waals surface area contributed by atoms with Gasteiger partial charge in [0.15, 0.2) is 0 Å². The number of carboxylic acids is 1. The SMILES string of the molecule is O=C(O)CCCNC(=O)c1ccnc(N2CCC3(CCN(c4ccccc4)C3)C2)c1. The number of anilines is 2. The molecule has 2 aliphatic rings. The number of rotatable bonds is 7. The van der Waals surface area contributed by atoms with Crippen LogP contribution < -0.4 is 15.1 Å². The van der Waals surface area contributed by atoms with Crippen LogP contribution in [0.5, 0.6) is 0 Å². The topological polar surface area (TPSA) is 85.8 Å². The predicted molar refractivity (Wildman–Crippen MR) is 116 cm³/mol. The van der Waals surface area contributed by atoms with Crippen molar-refractivity contribution >= 4 is 23.4 Å². The van der Waals surface area contributed by atoms with Crippen molar-refractivity contribution in [1.29, 1.82) is 0 Å². The second-order valence-electron chi connectivity index (χ2n) is 8.33. The smallest absolute Gasteiger partial charge is 0.303 e. The lowest BCUT2D eigenvalue weighted by Gasteiger charge is -2.26. The molecule has 1 aromatic carbocycles. The summed E-state index contributed by atoms with van der Waals surface area (Å²) in [6.07, 6.45) is 4.45. The molecule has 2 N–H and O–H groups in total. The Morgan fingerprint density at radius 1 is 1.07 bits per heavy atom. The van der Waals surface area contributed by atoms with E-state index in [4.69, 9.17) is 5.11 Å². The van der Waals surface area contributed by atoms with E-state index in [1.807, 2.05) is 12.1 Å². The highest BCUT2D eigenvalue weighted by molar-refractivity contribution is 5.94. The molecule has 30 heavy (non-hydrogen) atoms. The summed E-state index contributed by atoms with van der Waals surface area (Å²) in [7, 11) is 0. The second kappa shape index (κ2) is 8.73. The van der Waals surface area contributed by atoms with Crippen molar-refractivity contribution in [3.05, 3.63) is 54.2 Å². The summed E-state index contributed by atoms with van der Waals surface area (Å²) in [4.78, 5) is 32.2. The summed E-state index contributed by atoms with van der Waals surface area (Å²) >= 11 is 0. The molecule has 158 valence electrons. The van der Waals surface area contributed by atoms with E-state index in [9.17, 15) is 9.59 Å². The van der Waals surface area contributed by atoms with Crippen LogP contribution in [0.3, 0.4) is 0 Å². The Bertz CT molecular complexity index is 904. The van der Waals surface area contributed by atoms with Gasteiger partial charge in [0.1, 0.15) is 5.82 Å². The number of para-hydroxylation sites is 1. The van der Waals surface area contributed by atoms with Gasteiger partial charge in [-0.2, -0.15) is 0 Å². The lowest BCUT2D eigenvalue weighted by atomic mass is 9.86. The maximum absolute atomic E-state index is 12.4. The summed E-state index contributed by atoms with van der Waals surface area (Å²) < 4.78 is 0. The second-order valence-corrected chi connectivity index (χ2v) is 8.33. The zero-order valence-electron chi connectivity index (χ0n) is 17.1. The first-order valence-corrected chi connectivity index (χ1v) is 10.6. The molecule has 0 saturated carbocycles. The lowest BCUT2D eigenvalue weighted by molar-refractivity contribution is -0.137. The number of carboxylic acid groups (broad SMARTS) is 1. The number of aromatic nitrogens is 1. The number of carbonyl (C=O) groups excluding carboxylic acids is 1. The molecule has 1 amide bonds. The lowest BCUT2D eigenvalue weighted by Crippen LogP contribution is -2.31. The Kier molecular flexibility index (Phi) is 5.88. The maximum Gasteiger partial charge on any atom is 0.303 e. The zero-order valence-corrected chi connectivity index (χ0v) is 17.1. The standard InChI is InChI=1S/C23H28N4O3/c28-21(29)7-4-11-25-22(30)18-8-12-24-20(15-18)27-14-10-23(17-27)9-13-26(16-23)19-5-2-1-3-6-19/h1-3,5-6,8,12,15H,4,7,9-11,13-14,16-17H2,(H,25,30)(H,28,29). The third kappa shape index (κ3) is 4.56. The first kappa shape index (κ1) is 20.2. The highest BCUT2D eigenvalue weighted by Gasteiger charge is 2.43. The average Bonchev–Trinajstić information content (AvgIpc) is 3.39. The summed E-state index contributed by atoms with van der Waals surface area (Å²) in [5, 5.41) is 11.5. The van der Waals surface area contributed by atoms with Crippen LogP contribution in [-0.4, -0.2) is 54.7 Å². The van der Waals surface area contributed by atoms with Gasteiger partial charge in [-0.25, -0.2) is 4.98 Å². The van der Waals surface area contributed by atoms with Gasteiger partial charge in [-0.1, -0.05) is 18.2 Å². The summed E-state index contributed by atoms with van der Waals surface area (Å²) in [5.74, 6) is -0.201. The van der Waals surface area contributed by atoms with Gasteiger partial charge in [0.2, 0.25) is 0 Å². The molecular weight excluding hydrogens is 380 g/mol. The van der Waals surface area contributed by atoms with E-state index in [0.29, 0.717) is 18.5 Å². The first-order valence-electron chi connectivity index (χ1n) is 10.6. The fourth-order valence-electron chi connectivity index (χ4n) is 4.53. The molecule has 1 unspecified atom stereocenters. The quantitative estimate of drug-likeness (QED) is 0.686. The van der Waals surface area contributed by atoms with Crippen LogP contribution in [0.15, 0.2) is 48.7 Å². The van der Waals surface area contributed by atoms with E-state index in [2.05, 4.69) is 44.4 Å². The van der Waals surface area contributed by atoms with E-state index in [0.717, 1.165) is 38.4 Å². The zero-order chi connectivity index (χ0) is 21.0. The van der Waals surface area contributed by atoms with Crippen LogP contribution in [0.4, 0.5) is 11.5 Å². The molecular formula is C23H28N4O3. The molecule has 1 spiro atoms. The van der Waals surface area contributed by atoms with Crippen molar-refractivity contribution in [3.63, 3.8) is 0 Å². The summed E-state index contributed by atoms with van der Waals surface area (Å²) in [5.41, 5.74) is 2.12. The Morgan fingerprint density at radius 3 is 2.57 bits per heavy atom. The van der Waals surface area contributed by atoms with Crippen molar-refractivity contribution in [2.75, 3.05) is 42.5 Å². The fraction of sp³-hybridized carbons (Fsp3) is 0.435. The van der Waals surface area contributed by atoms with Crippen molar-refractivity contribution in [1.82, 2.24) is 10.3 Å². The molecule has 7 heteroatoms. The van der Waals surface area contributed by atoms with E-state index >= 15 is 0 Å². The molecule has 1 aromatic heterocycles. The predicted octanol–water partition coefficient (Wildman–Crippen LogP) is 2.78. The summed E-state index contributed by atoms with van der Waals surface area (Å²) in [6.45, 7) is 4.37. The van der Waals surface area contributed by atoms with Gasteiger partial charge < -0.3 is 20.2 Å². The molecule has 2 fully saturated rings. The minimum Gasteiger partial charge on any atom is -0.481 e. The van der Waals surface area contributed by atoms with Crippen molar-refractivity contribution in [2.45, 2.75) is 25.7 Å². The molecule has 4 rings (SSSR count). The van der Waals surface area contributed by atoms with Crippen LogP contribution in [0.1, 0.15) is 36.0 Å². The number of carbonyl (C=O) groups is 2. The fourth-order valence-corrected chi connectivity index (χ4v) is 4.53. The average molecular weight is 409 g/mol. The highest BCUT2D eigenvalue weighted by atomic mass is 16.4. The van der Waals surface area contributed by atoms with Crippen LogP contribution in [0.2, 0.25) is 0 Å². The number of hydrogen-bond donors (Lipinski definition) is 2. The van der Waals surface area contributed by atoms with Crippen LogP contribution in [0.25, 0.3) is 0 Å². The van der Waals surface area contributed by atoms with Crippen molar-refractivity contribution < 1.29 is 14.7 Å². The van der Waals surface area contributed by atoms with Crippen LogP contribution in [-0.2, 0) is 4.79 Å². The molecule has 0 aliphatic carbocycles. The number of hydrogen-bond acceptors (Lipinski definition) is 5. The van der Waals surface area contributed by atoms with Crippen molar-refractivity contribution in [3.8, 4) is 0 Å². The van der Waals surface area contributed by atoms with E-state index in [1.165, 1.54) is 12.1 Å². The highest BCUT2D eigenvalue weighted by Crippen LogP contribution is 2.42. The van der Waals surface area contributed by atoms with Crippen LogP contribution in [0, 0.1) is 5.41 Å². The largest absolute Gasteiger partial charge is 0.481 e. The Balaban J connectivity index is 1.36. The molecule has 0 bridgehead atoms. The molecule has 3 heterocycles. The van der Waals surface area contributed by atoms with E-state index in [1.54, 1.807) is 12.3 Å². The monoisotopic (exact) mass is 408 g/mol. The Labute approximate surface area is 176 Å². The minimum atomic E-state index is -0.851. The van der Waals surface area contributed by atoms with Gasteiger partial charge >= 0.3 is 5.97 Å². The number of nitrogens with one attached hydrogen (secondary N) is 1. The molecule has 1 atom stereocenters. The molecule has 7 nitrogen and oxygen atoms in total. The number of aliphatic carboxylic acids is 1. The normalized spacial score (nSPS) is 20.7. The van der Waals surface area contributed by atoms with Gasteiger partial charge in [0.05, 0.1) is 0 Å². The third-order valence-corrected chi connectivity index (χ3v) is 6.18. The first-order chi connectivity index (χ1) is 14.5. The number of amides is 1. The van der Waals surface area contributed by atoms with E-state index in [-0.39, 0.29) is 17.7 Å². The number of pyridine rings is 1.